The quantitative estimate of drug-likeness (QED) is 0.689. The molecule has 2 unspecified atom stereocenters. The molecule has 4 rings (SSSR count). The highest BCUT2D eigenvalue weighted by atomic mass is 19.1. The maximum absolute atomic E-state index is 15.1. The van der Waals surface area contributed by atoms with E-state index in [0.29, 0.717) is 23.2 Å². The third kappa shape index (κ3) is 2.75. The van der Waals surface area contributed by atoms with Crippen LogP contribution in [0.2, 0.25) is 0 Å². The van der Waals surface area contributed by atoms with E-state index in [2.05, 4.69) is 10.6 Å². The van der Waals surface area contributed by atoms with Gasteiger partial charge in [0.2, 0.25) is 5.91 Å². The van der Waals surface area contributed by atoms with Gasteiger partial charge in [0, 0.05) is 43.7 Å². The number of aliphatic hydroxyl groups is 1. The van der Waals surface area contributed by atoms with E-state index in [0.717, 1.165) is 26.2 Å². The van der Waals surface area contributed by atoms with Crippen LogP contribution in [0.1, 0.15) is 28.8 Å². The van der Waals surface area contributed by atoms with E-state index >= 15 is 4.39 Å². The SMILES string of the molecule is O=C1CCC(N2Cc3c(ccc(N4CCNCC4)c3F)C2=O)C(O)N1. The van der Waals surface area contributed by atoms with Crippen molar-refractivity contribution in [2.24, 2.45) is 0 Å². The molecule has 0 aromatic heterocycles. The monoisotopic (exact) mass is 348 g/mol. The standard InChI is InChI=1S/C17H21FN4O3/c18-15-11-9-22(13-3-4-14(23)20-16(13)24)17(25)10(11)1-2-12(15)21-7-5-19-6-8-21/h1-2,13,16,19,24H,3-9H2,(H,20,23). The third-order valence-electron chi connectivity index (χ3n) is 5.24. The Kier molecular flexibility index (Phi) is 4.09. The van der Waals surface area contributed by atoms with E-state index in [1.165, 1.54) is 4.90 Å². The lowest BCUT2D eigenvalue weighted by Gasteiger charge is -2.35. The first-order chi connectivity index (χ1) is 12.1. The first kappa shape index (κ1) is 16.3. The van der Waals surface area contributed by atoms with Crippen LogP contribution in [-0.4, -0.2) is 60.3 Å². The van der Waals surface area contributed by atoms with Gasteiger partial charge in [-0.05, 0) is 18.6 Å². The highest BCUT2D eigenvalue weighted by molar-refractivity contribution is 5.99. The van der Waals surface area contributed by atoms with Gasteiger partial charge in [0.05, 0.1) is 18.3 Å². The summed E-state index contributed by atoms with van der Waals surface area (Å²) in [5, 5.41) is 15.8. The van der Waals surface area contributed by atoms with Crippen molar-refractivity contribution >= 4 is 17.5 Å². The number of carbonyl (C=O) groups is 2. The predicted molar refractivity (Wildman–Crippen MR) is 88.5 cm³/mol. The fraction of sp³-hybridized carbons (Fsp3) is 0.529. The van der Waals surface area contributed by atoms with Gasteiger partial charge in [-0.2, -0.15) is 0 Å². The summed E-state index contributed by atoms with van der Waals surface area (Å²) in [5.74, 6) is -0.884. The minimum Gasteiger partial charge on any atom is -0.372 e. The number of nitrogens with zero attached hydrogens (tertiary/aromatic N) is 2. The van der Waals surface area contributed by atoms with Crippen molar-refractivity contribution in [1.82, 2.24) is 15.5 Å². The molecule has 0 spiro atoms. The first-order valence-corrected chi connectivity index (χ1v) is 8.61. The van der Waals surface area contributed by atoms with Crippen molar-refractivity contribution in [1.29, 1.82) is 0 Å². The number of rotatable bonds is 2. The van der Waals surface area contributed by atoms with Crippen molar-refractivity contribution in [2.75, 3.05) is 31.1 Å². The Balaban J connectivity index is 1.60. The number of hydrogen-bond acceptors (Lipinski definition) is 5. The normalized spacial score (nSPS) is 26.6. The van der Waals surface area contributed by atoms with Crippen LogP contribution in [0.5, 0.6) is 0 Å². The van der Waals surface area contributed by atoms with Gasteiger partial charge < -0.3 is 25.5 Å². The van der Waals surface area contributed by atoms with Crippen molar-refractivity contribution in [2.45, 2.75) is 31.7 Å². The summed E-state index contributed by atoms with van der Waals surface area (Å²) in [4.78, 5) is 27.5. The number of fused-ring (bicyclic) bond motifs is 1. The Morgan fingerprint density at radius 1 is 1.20 bits per heavy atom. The molecule has 0 radical (unpaired) electrons. The molecule has 0 bridgehead atoms. The number of halogens is 1. The molecule has 134 valence electrons. The van der Waals surface area contributed by atoms with Crippen LogP contribution in [0.4, 0.5) is 10.1 Å². The molecule has 0 saturated carbocycles. The van der Waals surface area contributed by atoms with Crippen molar-refractivity contribution in [3.05, 3.63) is 29.1 Å². The van der Waals surface area contributed by atoms with Gasteiger partial charge in [-0.15, -0.1) is 0 Å². The molecule has 2 fully saturated rings. The number of aliphatic hydroxyl groups excluding tert-OH is 1. The zero-order chi connectivity index (χ0) is 17.6. The van der Waals surface area contributed by atoms with E-state index in [4.69, 9.17) is 0 Å². The van der Waals surface area contributed by atoms with Crippen LogP contribution >= 0.6 is 0 Å². The average Bonchev–Trinajstić information content (AvgIpc) is 2.94. The van der Waals surface area contributed by atoms with Crippen LogP contribution in [0.15, 0.2) is 12.1 Å². The molecule has 3 aliphatic heterocycles. The largest absolute Gasteiger partial charge is 0.372 e. The number of amides is 2. The molecular weight excluding hydrogens is 327 g/mol. The van der Waals surface area contributed by atoms with Gasteiger partial charge in [-0.25, -0.2) is 4.39 Å². The fourth-order valence-electron chi connectivity index (χ4n) is 3.87. The van der Waals surface area contributed by atoms with Crippen molar-refractivity contribution in [3.63, 3.8) is 0 Å². The van der Waals surface area contributed by atoms with Crippen molar-refractivity contribution < 1.29 is 19.1 Å². The number of benzene rings is 1. The Bertz CT molecular complexity index is 720. The van der Waals surface area contributed by atoms with E-state index in [9.17, 15) is 14.7 Å². The van der Waals surface area contributed by atoms with Gasteiger partial charge >= 0.3 is 0 Å². The second kappa shape index (κ2) is 6.27. The summed E-state index contributed by atoms with van der Waals surface area (Å²) in [6, 6.07) is 2.81. The second-order valence-corrected chi connectivity index (χ2v) is 6.71. The maximum Gasteiger partial charge on any atom is 0.255 e. The van der Waals surface area contributed by atoms with E-state index < -0.39 is 12.3 Å². The second-order valence-electron chi connectivity index (χ2n) is 6.71. The molecule has 2 amide bonds. The van der Waals surface area contributed by atoms with Gasteiger partial charge in [0.25, 0.3) is 5.91 Å². The zero-order valence-corrected chi connectivity index (χ0v) is 13.8. The Morgan fingerprint density at radius 2 is 1.96 bits per heavy atom. The maximum atomic E-state index is 15.1. The van der Waals surface area contributed by atoms with Gasteiger partial charge in [-0.3, -0.25) is 9.59 Å². The lowest BCUT2D eigenvalue weighted by Crippen LogP contribution is -2.55. The lowest BCUT2D eigenvalue weighted by atomic mass is 10.0. The fourth-order valence-corrected chi connectivity index (χ4v) is 3.87. The number of nitrogens with one attached hydrogen (secondary N) is 2. The topological polar surface area (TPSA) is 84.9 Å². The van der Waals surface area contributed by atoms with Crippen LogP contribution in [0.25, 0.3) is 0 Å². The Labute approximate surface area is 144 Å². The van der Waals surface area contributed by atoms with Crippen LogP contribution in [0, 0.1) is 5.82 Å². The summed E-state index contributed by atoms with van der Waals surface area (Å²) in [6.07, 6.45) is -0.495. The average molecular weight is 348 g/mol. The molecule has 2 saturated heterocycles. The van der Waals surface area contributed by atoms with Gasteiger partial charge in [0.15, 0.2) is 5.82 Å². The Morgan fingerprint density at radius 3 is 2.68 bits per heavy atom. The van der Waals surface area contributed by atoms with E-state index in [1.54, 1.807) is 12.1 Å². The lowest BCUT2D eigenvalue weighted by molar-refractivity contribution is -0.129. The molecule has 3 heterocycles. The minimum absolute atomic E-state index is 0.123. The summed E-state index contributed by atoms with van der Waals surface area (Å²) < 4.78 is 15.1. The highest BCUT2D eigenvalue weighted by Gasteiger charge is 2.40. The molecule has 8 heteroatoms. The van der Waals surface area contributed by atoms with Crippen LogP contribution < -0.4 is 15.5 Å². The van der Waals surface area contributed by atoms with Crippen molar-refractivity contribution in [3.8, 4) is 0 Å². The van der Waals surface area contributed by atoms with Crippen LogP contribution in [0.3, 0.4) is 0 Å². The number of anilines is 1. The molecule has 2 atom stereocenters. The van der Waals surface area contributed by atoms with Gasteiger partial charge in [-0.1, -0.05) is 0 Å². The summed E-state index contributed by atoms with van der Waals surface area (Å²) in [7, 11) is 0. The number of carbonyl (C=O) groups excluding carboxylic acids is 2. The molecular formula is C17H21FN4O3. The predicted octanol–water partition coefficient (Wildman–Crippen LogP) is -0.212. The molecule has 3 N–H and O–H groups in total. The van der Waals surface area contributed by atoms with Crippen LogP contribution in [-0.2, 0) is 11.3 Å². The van der Waals surface area contributed by atoms with E-state index in [-0.39, 0.29) is 30.6 Å². The number of hydrogen-bond donors (Lipinski definition) is 3. The molecule has 1 aromatic rings. The molecule has 1 aromatic carbocycles. The molecule has 25 heavy (non-hydrogen) atoms. The molecule has 7 nitrogen and oxygen atoms in total. The number of piperidine rings is 1. The summed E-state index contributed by atoms with van der Waals surface area (Å²) in [5.41, 5.74) is 1.25. The Hall–Kier alpha value is -2.19. The highest BCUT2D eigenvalue weighted by Crippen LogP contribution is 2.34. The molecule has 0 aliphatic carbocycles. The third-order valence-corrected chi connectivity index (χ3v) is 5.24. The van der Waals surface area contributed by atoms with Gasteiger partial charge in [0.1, 0.15) is 6.23 Å². The molecule has 3 aliphatic rings. The first-order valence-electron chi connectivity index (χ1n) is 8.61. The smallest absolute Gasteiger partial charge is 0.255 e. The number of piperazine rings is 1. The summed E-state index contributed by atoms with van der Waals surface area (Å²) in [6.45, 7) is 3.17. The van der Waals surface area contributed by atoms with E-state index in [1.807, 2.05) is 4.90 Å². The zero-order valence-electron chi connectivity index (χ0n) is 13.8. The summed E-state index contributed by atoms with van der Waals surface area (Å²) >= 11 is 0. The minimum atomic E-state index is -1.12.